The second-order valence-electron chi connectivity index (χ2n) is 7.07. The van der Waals surface area contributed by atoms with Crippen LogP contribution in [0.5, 0.6) is 0 Å². The molecule has 0 amide bonds. The molecule has 3 rings (SSSR count). The van der Waals surface area contributed by atoms with Crippen LogP contribution in [0.25, 0.3) is 0 Å². The summed E-state index contributed by atoms with van der Waals surface area (Å²) in [4.78, 5) is 11.5. The van der Waals surface area contributed by atoms with Gasteiger partial charge in [0, 0.05) is 51.1 Å². The predicted molar refractivity (Wildman–Crippen MR) is 116 cm³/mol. The molecule has 2 aromatic heterocycles. The van der Waals surface area contributed by atoms with E-state index in [1.54, 1.807) is 0 Å². The van der Waals surface area contributed by atoms with Crippen LogP contribution in [0.1, 0.15) is 56.3 Å². The van der Waals surface area contributed by atoms with Crippen LogP contribution in [0.3, 0.4) is 0 Å². The Kier molecular flexibility index (Phi) is 8.06. The van der Waals surface area contributed by atoms with Crippen molar-refractivity contribution in [1.82, 2.24) is 30.1 Å². The van der Waals surface area contributed by atoms with E-state index in [4.69, 9.17) is 9.52 Å². The molecule has 0 aromatic carbocycles. The Morgan fingerprint density at radius 2 is 2.26 bits per heavy atom. The number of aryl methyl sites for hydroxylation is 1. The first-order chi connectivity index (χ1) is 12.6. The fourth-order valence-electron chi connectivity index (χ4n) is 3.16. The highest BCUT2D eigenvalue weighted by atomic mass is 127. The number of hydrogen-bond acceptors (Lipinski definition) is 5. The van der Waals surface area contributed by atoms with E-state index >= 15 is 0 Å². The topological polar surface area (TPSA) is 84.4 Å². The summed E-state index contributed by atoms with van der Waals surface area (Å²) in [6.45, 7) is 9.67. The van der Waals surface area contributed by atoms with Crippen molar-refractivity contribution in [3.05, 3.63) is 29.7 Å². The number of hydrogen-bond donors (Lipinski definition) is 1. The number of nitrogens with zero attached hydrogens (tertiary/aromatic N) is 6. The van der Waals surface area contributed by atoms with Crippen LogP contribution in [0.2, 0.25) is 0 Å². The first kappa shape index (κ1) is 21.6. The van der Waals surface area contributed by atoms with Gasteiger partial charge in [0.25, 0.3) is 0 Å². The normalized spacial score (nSPS) is 17.4. The Labute approximate surface area is 177 Å². The van der Waals surface area contributed by atoms with Gasteiger partial charge in [-0.3, -0.25) is 9.67 Å². The molecule has 3 heterocycles. The van der Waals surface area contributed by atoms with Gasteiger partial charge in [-0.05, 0) is 18.9 Å². The van der Waals surface area contributed by atoms with E-state index in [1.165, 1.54) is 5.56 Å². The minimum absolute atomic E-state index is 0. The summed E-state index contributed by atoms with van der Waals surface area (Å²) in [5, 5.41) is 11.7. The van der Waals surface area contributed by atoms with E-state index in [0.29, 0.717) is 24.8 Å². The molecular formula is C18H30IN7O. The lowest BCUT2D eigenvalue weighted by Crippen LogP contribution is -2.40. The third-order valence-electron chi connectivity index (χ3n) is 4.61. The second-order valence-corrected chi connectivity index (χ2v) is 7.07. The van der Waals surface area contributed by atoms with Crippen molar-refractivity contribution in [1.29, 1.82) is 0 Å². The van der Waals surface area contributed by atoms with Crippen molar-refractivity contribution >= 4 is 29.9 Å². The van der Waals surface area contributed by atoms with E-state index in [-0.39, 0.29) is 29.9 Å². The van der Waals surface area contributed by atoms with Gasteiger partial charge in [-0.2, -0.15) is 10.1 Å². The van der Waals surface area contributed by atoms with Gasteiger partial charge in [-0.15, -0.1) is 24.0 Å². The molecule has 0 saturated carbocycles. The maximum Gasteiger partial charge on any atom is 0.228 e. The maximum atomic E-state index is 5.30. The van der Waals surface area contributed by atoms with Crippen LogP contribution in [0, 0.1) is 0 Å². The number of aromatic nitrogens is 4. The third-order valence-corrected chi connectivity index (χ3v) is 4.61. The van der Waals surface area contributed by atoms with Crippen molar-refractivity contribution < 1.29 is 4.52 Å². The van der Waals surface area contributed by atoms with E-state index in [0.717, 1.165) is 37.8 Å². The van der Waals surface area contributed by atoms with Gasteiger partial charge in [0.05, 0.1) is 12.7 Å². The summed E-state index contributed by atoms with van der Waals surface area (Å²) >= 11 is 0. The molecule has 1 fully saturated rings. The highest BCUT2D eigenvalue weighted by molar-refractivity contribution is 14.0. The Hall–Kier alpha value is -1.65. The van der Waals surface area contributed by atoms with Crippen LogP contribution in [-0.2, 0) is 13.5 Å². The summed E-state index contributed by atoms with van der Waals surface area (Å²) in [5.41, 5.74) is 1.30. The molecule has 0 radical (unpaired) electrons. The lowest BCUT2D eigenvalue weighted by Gasteiger charge is -2.21. The highest BCUT2D eigenvalue weighted by Gasteiger charge is 2.26. The molecule has 8 nitrogen and oxygen atoms in total. The fourth-order valence-corrected chi connectivity index (χ4v) is 3.16. The largest absolute Gasteiger partial charge is 0.357 e. The first-order valence-corrected chi connectivity index (χ1v) is 9.41. The Bertz CT molecular complexity index is 740. The molecule has 0 aliphatic carbocycles. The van der Waals surface area contributed by atoms with Gasteiger partial charge in [0.15, 0.2) is 11.8 Å². The number of nitrogens with one attached hydrogen (secondary N) is 1. The van der Waals surface area contributed by atoms with Crippen LogP contribution in [-0.4, -0.2) is 57.0 Å². The number of guanidine groups is 1. The van der Waals surface area contributed by atoms with Gasteiger partial charge >= 0.3 is 0 Å². The molecule has 0 bridgehead atoms. The van der Waals surface area contributed by atoms with Crippen molar-refractivity contribution in [3.8, 4) is 0 Å². The summed E-state index contributed by atoms with van der Waals surface area (Å²) in [6.07, 6.45) is 5.87. The number of aliphatic imine (C=N–C) groups is 1. The second kappa shape index (κ2) is 10.0. The molecule has 150 valence electrons. The molecule has 1 unspecified atom stereocenters. The molecule has 2 aromatic rings. The van der Waals surface area contributed by atoms with E-state index < -0.39 is 0 Å². The van der Waals surface area contributed by atoms with Gasteiger partial charge in [0.2, 0.25) is 5.89 Å². The molecule has 9 heteroatoms. The molecule has 1 atom stereocenters. The minimum atomic E-state index is 0. The molecule has 27 heavy (non-hydrogen) atoms. The molecule has 1 aliphatic heterocycles. The van der Waals surface area contributed by atoms with Crippen molar-refractivity contribution in [2.45, 2.75) is 45.4 Å². The minimum Gasteiger partial charge on any atom is -0.357 e. The zero-order valence-corrected chi connectivity index (χ0v) is 18.9. The zero-order chi connectivity index (χ0) is 18.5. The lowest BCUT2D eigenvalue weighted by atomic mass is 10.0. The number of likely N-dealkylation sites (tertiary alicyclic amines) is 1. The summed E-state index contributed by atoms with van der Waals surface area (Å²) in [5.74, 6) is 3.17. The summed E-state index contributed by atoms with van der Waals surface area (Å²) in [6, 6.07) is 0. The fraction of sp³-hybridized carbons (Fsp3) is 0.667. The highest BCUT2D eigenvalue weighted by Crippen LogP contribution is 2.26. The quantitative estimate of drug-likeness (QED) is 0.383. The van der Waals surface area contributed by atoms with Gasteiger partial charge in [-0.25, -0.2) is 0 Å². The Morgan fingerprint density at radius 1 is 1.44 bits per heavy atom. The SMILES string of the molecule is CCNC(=NCCc1nc(C(C)C)no1)N1CCC(c2cnn(C)c2)C1.I. The molecule has 1 N–H and O–H groups in total. The Balaban J connectivity index is 0.00000261. The predicted octanol–water partition coefficient (Wildman–Crippen LogP) is 2.54. The smallest absolute Gasteiger partial charge is 0.228 e. The zero-order valence-electron chi connectivity index (χ0n) is 16.6. The van der Waals surface area contributed by atoms with E-state index in [1.807, 2.05) is 17.9 Å². The molecule has 1 aliphatic rings. The van der Waals surface area contributed by atoms with Crippen LogP contribution in [0.4, 0.5) is 0 Å². The summed E-state index contributed by atoms with van der Waals surface area (Å²) in [7, 11) is 1.96. The first-order valence-electron chi connectivity index (χ1n) is 9.41. The van der Waals surface area contributed by atoms with Crippen molar-refractivity contribution in [3.63, 3.8) is 0 Å². The molecule has 1 saturated heterocycles. The Morgan fingerprint density at radius 3 is 2.89 bits per heavy atom. The molecule has 0 spiro atoms. The van der Waals surface area contributed by atoms with Crippen molar-refractivity contribution in [2.75, 3.05) is 26.2 Å². The van der Waals surface area contributed by atoms with E-state index in [2.05, 4.69) is 52.4 Å². The van der Waals surface area contributed by atoms with Crippen LogP contribution >= 0.6 is 24.0 Å². The van der Waals surface area contributed by atoms with Gasteiger partial charge in [0.1, 0.15) is 0 Å². The number of rotatable bonds is 6. The lowest BCUT2D eigenvalue weighted by molar-refractivity contribution is 0.372. The van der Waals surface area contributed by atoms with Crippen LogP contribution < -0.4 is 5.32 Å². The van der Waals surface area contributed by atoms with E-state index in [9.17, 15) is 0 Å². The van der Waals surface area contributed by atoms with Crippen LogP contribution in [0.15, 0.2) is 21.9 Å². The average molecular weight is 487 g/mol. The number of halogens is 1. The standard InChI is InChI=1S/C18H29N7O.HI/c1-5-19-18(20-8-6-16-22-17(13(2)3)23-26-16)25-9-7-14(12-25)15-10-21-24(4)11-15;/h10-11,13-14H,5-9,12H2,1-4H3,(H,19,20);1H. The maximum absolute atomic E-state index is 5.30. The average Bonchev–Trinajstić information content (AvgIpc) is 3.34. The van der Waals surface area contributed by atoms with Crippen molar-refractivity contribution in [2.24, 2.45) is 12.0 Å². The monoisotopic (exact) mass is 487 g/mol. The molecular weight excluding hydrogens is 457 g/mol. The summed E-state index contributed by atoms with van der Waals surface area (Å²) < 4.78 is 7.16. The van der Waals surface area contributed by atoms with Gasteiger partial charge < -0.3 is 14.7 Å². The third kappa shape index (κ3) is 5.66. The van der Waals surface area contributed by atoms with Gasteiger partial charge in [-0.1, -0.05) is 19.0 Å².